The lowest BCUT2D eigenvalue weighted by Gasteiger charge is -2.36. The van der Waals surface area contributed by atoms with E-state index >= 15 is 0 Å². The molecule has 0 saturated carbocycles. The van der Waals surface area contributed by atoms with Crippen LogP contribution in [0.3, 0.4) is 0 Å². The number of fused-ring (bicyclic) bond motifs is 3. The van der Waals surface area contributed by atoms with E-state index in [1.165, 1.54) is 28.7 Å². The SMILES string of the molecule is CCOc1ccccc1NC(=O)N1CCN(c2nc(CN(C)C)nc3sc4c(c23)CCCC4)CC1. The van der Waals surface area contributed by atoms with Gasteiger partial charge in [0.2, 0.25) is 0 Å². The molecule has 1 saturated heterocycles. The van der Waals surface area contributed by atoms with Crippen LogP contribution in [-0.2, 0) is 19.4 Å². The monoisotopic (exact) mass is 494 g/mol. The van der Waals surface area contributed by atoms with Gasteiger partial charge in [-0.25, -0.2) is 14.8 Å². The summed E-state index contributed by atoms with van der Waals surface area (Å²) in [6.07, 6.45) is 4.75. The highest BCUT2D eigenvalue weighted by Crippen LogP contribution is 2.40. The van der Waals surface area contributed by atoms with Crippen molar-refractivity contribution in [2.75, 3.05) is 57.1 Å². The number of ether oxygens (including phenoxy) is 1. The van der Waals surface area contributed by atoms with Crippen LogP contribution in [-0.4, -0.2) is 72.7 Å². The van der Waals surface area contributed by atoms with Crippen molar-refractivity contribution >= 4 is 39.1 Å². The molecule has 1 aliphatic carbocycles. The smallest absolute Gasteiger partial charge is 0.322 e. The number of rotatable bonds is 6. The van der Waals surface area contributed by atoms with E-state index in [4.69, 9.17) is 14.7 Å². The highest BCUT2D eigenvalue weighted by molar-refractivity contribution is 7.19. The molecule has 3 heterocycles. The Labute approximate surface area is 210 Å². The summed E-state index contributed by atoms with van der Waals surface area (Å²) in [7, 11) is 4.10. The summed E-state index contributed by atoms with van der Waals surface area (Å²) in [6, 6.07) is 7.48. The van der Waals surface area contributed by atoms with E-state index in [0.717, 1.165) is 42.4 Å². The zero-order valence-corrected chi connectivity index (χ0v) is 21.7. The predicted octanol–water partition coefficient (Wildman–Crippen LogP) is 4.38. The predicted molar refractivity (Wildman–Crippen MR) is 142 cm³/mol. The Bertz CT molecular complexity index is 1200. The summed E-state index contributed by atoms with van der Waals surface area (Å²) in [5, 5.41) is 4.28. The fraction of sp³-hybridized carbons (Fsp3) is 0.500. The lowest BCUT2D eigenvalue weighted by Crippen LogP contribution is -2.50. The van der Waals surface area contributed by atoms with E-state index in [1.807, 2.05) is 61.5 Å². The number of hydrogen-bond acceptors (Lipinski definition) is 7. The molecule has 2 aromatic heterocycles. The number of aromatic nitrogens is 2. The van der Waals surface area contributed by atoms with Crippen LogP contribution in [0.15, 0.2) is 24.3 Å². The summed E-state index contributed by atoms with van der Waals surface area (Å²) in [5.74, 6) is 2.61. The first kappa shape index (κ1) is 23.8. The third-order valence-electron chi connectivity index (χ3n) is 6.59. The average Bonchev–Trinajstić information content (AvgIpc) is 3.23. The molecule has 0 bridgehead atoms. The van der Waals surface area contributed by atoms with Gasteiger partial charge in [-0.15, -0.1) is 11.3 Å². The van der Waals surface area contributed by atoms with Crippen molar-refractivity contribution in [3.63, 3.8) is 0 Å². The maximum Gasteiger partial charge on any atom is 0.322 e. The molecule has 186 valence electrons. The molecule has 1 aliphatic heterocycles. The van der Waals surface area contributed by atoms with Gasteiger partial charge in [-0.3, -0.25) is 0 Å². The van der Waals surface area contributed by atoms with Crippen molar-refractivity contribution in [1.82, 2.24) is 19.8 Å². The average molecular weight is 495 g/mol. The number of benzene rings is 1. The van der Waals surface area contributed by atoms with Gasteiger partial charge in [-0.1, -0.05) is 12.1 Å². The number of anilines is 2. The number of aryl methyl sites for hydroxylation is 2. The van der Waals surface area contributed by atoms with Gasteiger partial charge >= 0.3 is 6.03 Å². The maximum atomic E-state index is 13.0. The molecule has 1 N–H and O–H groups in total. The van der Waals surface area contributed by atoms with Crippen molar-refractivity contribution in [2.24, 2.45) is 0 Å². The van der Waals surface area contributed by atoms with Gasteiger partial charge in [0.1, 0.15) is 22.2 Å². The van der Waals surface area contributed by atoms with Crippen LogP contribution in [0.1, 0.15) is 36.0 Å². The highest BCUT2D eigenvalue weighted by Gasteiger charge is 2.28. The van der Waals surface area contributed by atoms with Crippen LogP contribution >= 0.6 is 11.3 Å². The van der Waals surface area contributed by atoms with Gasteiger partial charge in [0.05, 0.1) is 24.2 Å². The summed E-state index contributed by atoms with van der Waals surface area (Å²) in [6.45, 7) is 5.99. The molecule has 2 amide bonds. The minimum absolute atomic E-state index is 0.0918. The van der Waals surface area contributed by atoms with E-state index in [2.05, 4.69) is 15.1 Å². The minimum Gasteiger partial charge on any atom is -0.492 e. The number of carbonyl (C=O) groups excluding carboxylic acids is 1. The number of thiophene rings is 1. The highest BCUT2D eigenvalue weighted by atomic mass is 32.1. The first-order chi connectivity index (χ1) is 17.0. The number of amides is 2. The zero-order valence-electron chi connectivity index (χ0n) is 20.8. The molecule has 5 rings (SSSR count). The number of piperazine rings is 1. The van der Waals surface area contributed by atoms with Crippen LogP contribution in [0.25, 0.3) is 10.2 Å². The first-order valence-corrected chi connectivity index (χ1v) is 13.3. The Kier molecular flexibility index (Phi) is 7.06. The van der Waals surface area contributed by atoms with Gasteiger partial charge in [0.15, 0.2) is 0 Å². The van der Waals surface area contributed by atoms with Crippen molar-refractivity contribution in [3.05, 3.63) is 40.5 Å². The molecule has 9 heteroatoms. The lowest BCUT2D eigenvalue weighted by atomic mass is 9.97. The van der Waals surface area contributed by atoms with Crippen molar-refractivity contribution in [3.8, 4) is 5.75 Å². The van der Waals surface area contributed by atoms with Crippen LogP contribution < -0.4 is 15.0 Å². The third kappa shape index (κ3) is 5.06. The third-order valence-corrected chi connectivity index (χ3v) is 7.78. The molecular weight excluding hydrogens is 460 g/mol. The van der Waals surface area contributed by atoms with Gasteiger partial charge in [0.25, 0.3) is 0 Å². The fourth-order valence-electron chi connectivity index (χ4n) is 4.93. The second-order valence-electron chi connectivity index (χ2n) is 9.43. The largest absolute Gasteiger partial charge is 0.492 e. The van der Waals surface area contributed by atoms with Crippen LogP contribution in [0, 0.1) is 0 Å². The molecule has 0 radical (unpaired) electrons. The molecule has 3 aromatic rings. The second-order valence-corrected chi connectivity index (χ2v) is 10.5. The summed E-state index contributed by atoms with van der Waals surface area (Å²) < 4.78 is 5.66. The van der Waals surface area contributed by atoms with E-state index < -0.39 is 0 Å². The summed E-state index contributed by atoms with van der Waals surface area (Å²) in [5.41, 5.74) is 2.16. The van der Waals surface area contributed by atoms with Crippen LogP contribution in [0.4, 0.5) is 16.3 Å². The molecule has 8 nitrogen and oxygen atoms in total. The molecule has 0 unspecified atom stereocenters. The molecule has 1 fully saturated rings. The van der Waals surface area contributed by atoms with E-state index in [9.17, 15) is 4.79 Å². The Morgan fingerprint density at radius 1 is 1.11 bits per heavy atom. The minimum atomic E-state index is -0.0918. The van der Waals surface area contributed by atoms with Crippen molar-refractivity contribution < 1.29 is 9.53 Å². The Hall–Kier alpha value is -2.91. The number of carbonyl (C=O) groups is 1. The first-order valence-electron chi connectivity index (χ1n) is 12.5. The standard InChI is InChI=1S/C26H34N6O2S/c1-4-34-20-11-7-6-10-19(20)27-26(33)32-15-13-31(14-16-32)24-23-18-9-5-8-12-21(18)35-25(23)29-22(28-24)17-30(2)3/h6-7,10-11H,4-5,8-9,12-17H2,1-3H3,(H,27,33). The fourth-order valence-corrected chi connectivity index (χ4v) is 6.21. The molecule has 35 heavy (non-hydrogen) atoms. The zero-order chi connectivity index (χ0) is 24.4. The van der Waals surface area contributed by atoms with E-state index in [1.54, 1.807) is 0 Å². The Morgan fingerprint density at radius 3 is 2.66 bits per heavy atom. The number of hydrogen-bond donors (Lipinski definition) is 1. The second kappa shape index (κ2) is 10.4. The Morgan fingerprint density at radius 2 is 1.89 bits per heavy atom. The van der Waals surface area contributed by atoms with Crippen molar-refractivity contribution in [1.29, 1.82) is 0 Å². The summed E-state index contributed by atoms with van der Waals surface area (Å²) >= 11 is 1.85. The topological polar surface area (TPSA) is 73.8 Å². The number of nitrogens with one attached hydrogen (secondary N) is 1. The van der Waals surface area contributed by atoms with Gasteiger partial charge in [-0.2, -0.15) is 0 Å². The lowest BCUT2D eigenvalue weighted by molar-refractivity contribution is 0.208. The molecular formula is C26H34N6O2S. The van der Waals surface area contributed by atoms with Gasteiger partial charge in [0, 0.05) is 31.1 Å². The van der Waals surface area contributed by atoms with E-state index in [0.29, 0.717) is 37.7 Å². The van der Waals surface area contributed by atoms with Gasteiger partial charge in [-0.05, 0) is 64.4 Å². The molecule has 0 atom stereocenters. The van der Waals surface area contributed by atoms with E-state index in [-0.39, 0.29) is 6.03 Å². The quantitative estimate of drug-likeness (QED) is 0.548. The molecule has 2 aliphatic rings. The maximum absolute atomic E-state index is 13.0. The van der Waals surface area contributed by atoms with Crippen molar-refractivity contribution in [2.45, 2.75) is 39.2 Å². The normalized spacial score (nSPS) is 16.0. The number of urea groups is 1. The number of nitrogens with zero attached hydrogens (tertiary/aromatic N) is 5. The van der Waals surface area contributed by atoms with Crippen LogP contribution in [0.5, 0.6) is 5.75 Å². The number of para-hydroxylation sites is 2. The Balaban J connectivity index is 1.35. The molecule has 0 spiro atoms. The summed E-state index contributed by atoms with van der Waals surface area (Å²) in [4.78, 5) is 32.0. The molecule has 1 aromatic carbocycles. The van der Waals surface area contributed by atoms with Gasteiger partial charge < -0.3 is 24.8 Å². The van der Waals surface area contributed by atoms with Crippen LogP contribution in [0.2, 0.25) is 0 Å².